The van der Waals surface area contributed by atoms with E-state index in [-0.39, 0.29) is 66.4 Å². The Kier molecular flexibility index (Phi) is 19.1. The zero-order valence-electron chi connectivity index (χ0n) is 42.6. The van der Waals surface area contributed by atoms with Crippen LogP contribution in [0.25, 0.3) is 44.5 Å². The van der Waals surface area contributed by atoms with Crippen molar-refractivity contribution in [3.8, 4) is 67.5 Å². The predicted molar refractivity (Wildman–Crippen MR) is 280 cm³/mol. The smallest absolute Gasteiger partial charge is 0.872 e. The van der Waals surface area contributed by atoms with Gasteiger partial charge in [0.25, 0.3) is 0 Å². The predicted octanol–water partition coefficient (Wildman–Crippen LogP) is 14.9. The fraction of sp³-hybridized carbons (Fsp3) is 0.250. The van der Waals surface area contributed by atoms with Gasteiger partial charge in [0.2, 0.25) is 0 Å². The van der Waals surface area contributed by atoms with Crippen molar-refractivity contribution in [3.05, 3.63) is 216 Å². The van der Waals surface area contributed by atoms with E-state index in [4.69, 9.17) is 0 Å². The fourth-order valence-electron chi connectivity index (χ4n) is 7.89. The van der Waals surface area contributed by atoms with Crippen molar-refractivity contribution in [1.29, 1.82) is 0 Å². The summed E-state index contributed by atoms with van der Waals surface area (Å²) in [6.45, 7) is 24.8. The van der Waals surface area contributed by atoms with Crippen molar-refractivity contribution in [1.82, 2.24) is 0 Å². The summed E-state index contributed by atoms with van der Waals surface area (Å²) >= 11 is 0. The van der Waals surface area contributed by atoms with Gasteiger partial charge in [-0.1, -0.05) is 300 Å². The number of para-hydroxylation sites is 4. The largest absolute Gasteiger partial charge is 4.00 e. The summed E-state index contributed by atoms with van der Waals surface area (Å²) in [6.07, 6.45) is 0. The molecule has 0 N–H and O–H groups in total. The molecule has 0 amide bonds. The molecular formula is C64H68O4Ti. The van der Waals surface area contributed by atoms with E-state index in [9.17, 15) is 20.4 Å². The summed E-state index contributed by atoms with van der Waals surface area (Å²) in [6, 6.07) is 62.4. The summed E-state index contributed by atoms with van der Waals surface area (Å²) < 4.78 is 0. The molecule has 69 heavy (non-hydrogen) atoms. The Morgan fingerprint density at radius 1 is 0.217 bits per heavy atom. The van der Waals surface area contributed by atoms with Gasteiger partial charge in [-0.25, -0.2) is 0 Å². The maximum Gasteiger partial charge on any atom is 4.00 e. The maximum absolute atomic E-state index is 12.4. The molecule has 0 saturated carbocycles. The molecule has 352 valence electrons. The van der Waals surface area contributed by atoms with Crippen LogP contribution in [-0.4, -0.2) is 0 Å². The number of rotatable bonds is 4. The third-order valence-corrected chi connectivity index (χ3v) is 11.6. The fourth-order valence-corrected chi connectivity index (χ4v) is 7.89. The molecule has 0 fully saturated rings. The SMILES string of the molecule is CC(C)(C)c1cccc(-c2ccccc2)c1[O-].CC(C)(C)c1cccc(-c2ccccc2)c1[O-].CC(C)(C)c1cccc(-c2ccccc2)c1[O-].CC(C)(C)c1cccc(-c2ccccc2)c1[O-].[Ti+4]. The van der Waals surface area contributed by atoms with Gasteiger partial charge in [-0.3, -0.25) is 0 Å². The van der Waals surface area contributed by atoms with E-state index in [1.807, 2.05) is 194 Å². The molecule has 0 aliphatic heterocycles. The molecule has 0 aliphatic carbocycles. The van der Waals surface area contributed by atoms with Gasteiger partial charge >= 0.3 is 21.7 Å². The number of hydrogen-bond acceptors (Lipinski definition) is 4. The first kappa shape index (κ1) is 55.3. The van der Waals surface area contributed by atoms with Gasteiger partial charge in [0.05, 0.1) is 0 Å². The van der Waals surface area contributed by atoms with Gasteiger partial charge in [-0.15, -0.1) is 0 Å². The normalized spacial score (nSPS) is 11.3. The average Bonchev–Trinajstić information content (AvgIpc) is 3.29. The summed E-state index contributed by atoms with van der Waals surface area (Å²) in [5.41, 5.74) is 10.2. The van der Waals surface area contributed by atoms with Gasteiger partial charge in [-0.2, -0.15) is 0 Å². The van der Waals surface area contributed by atoms with Crippen LogP contribution in [-0.2, 0) is 43.4 Å². The molecule has 5 heteroatoms. The zero-order chi connectivity index (χ0) is 49.9. The third kappa shape index (κ3) is 14.8. The van der Waals surface area contributed by atoms with Gasteiger partial charge in [0, 0.05) is 0 Å². The standard InChI is InChI=1S/4C16H18O.Ti/c4*1-16(2,3)14-11-7-10-13(15(14)17)12-8-5-4-6-9-12;/h4*4-11,17H,1-3H3;/q;;;;+4/p-4. The van der Waals surface area contributed by atoms with Gasteiger partial charge in [-0.05, 0) is 88.4 Å². The topological polar surface area (TPSA) is 92.2 Å². The Morgan fingerprint density at radius 2 is 0.377 bits per heavy atom. The van der Waals surface area contributed by atoms with Crippen LogP contribution in [0.15, 0.2) is 194 Å². The van der Waals surface area contributed by atoms with E-state index in [1.165, 1.54) is 0 Å². The van der Waals surface area contributed by atoms with Crippen molar-refractivity contribution >= 4 is 0 Å². The molecule has 0 unspecified atom stereocenters. The molecular weight excluding hydrogens is 881 g/mol. The molecule has 0 heterocycles. The van der Waals surface area contributed by atoms with E-state index in [0.29, 0.717) is 0 Å². The van der Waals surface area contributed by atoms with Crippen LogP contribution in [0.1, 0.15) is 105 Å². The molecule has 0 bridgehead atoms. The third-order valence-electron chi connectivity index (χ3n) is 11.6. The van der Waals surface area contributed by atoms with Crippen molar-refractivity contribution in [2.24, 2.45) is 0 Å². The van der Waals surface area contributed by atoms with Crippen LogP contribution in [0.2, 0.25) is 0 Å². The van der Waals surface area contributed by atoms with Crippen LogP contribution in [0, 0.1) is 0 Å². The first-order valence-corrected chi connectivity index (χ1v) is 23.4. The molecule has 0 saturated heterocycles. The van der Waals surface area contributed by atoms with Crippen molar-refractivity contribution in [3.63, 3.8) is 0 Å². The second-order valence-electron chi connectivity index (χ2n) is 21.2. The van der Waals surface area contributed by atoms with Crippen molar-refractivity contribution in [2.75, 3.05) is 0 Å². The van der Waals surface area contributed by atoms with E-state index < -0.39 is 0 Å². The van der Waals surface area contributed by atoms with Crippen LogP contribution in [0.4, 0.5) is 0 Å². The maximum atomic E-state index is 12.4. The number of hydrogen-bond donors (Lipinski definition) is 0. The Hall–Kier alpha value is -6.33. The number of benzene rings is 8. The minimum absolute atomic E-state index is 0. The molecule has 4 nitrogen and oxygen atoms in total. The van der Waals surface area contributed by atoms with E-state index >= 15 is 0 Å². The molecule has 8 aromatic rings. The second kappa shape index (κ2) is 23.8. The Balaban J connectivity index is 0.000000199. The summed E-state index contributed by atoms with van der Waals surface area (Å²) in [5.74, 6) is 0.579. The molecule has 0 spiro atoms. The first-order chi connectivity index (χ1) is 32.0. The van der Waals surface area contributed by atoms with Crippen LogP contribution >= 0.6 is 0 Å². The average molecular weight is 949 g/mol. The minimum atomic E-state index is -0.109. The van der Waals surface area contributed by atoms with Crippen LogP contribution < -0.4 is 20.4 Å². The quantitative estimate of drug-likeness (QED) is 0.164. The minimum Gasteiger partial charge on any atom is -0.872 e. The zero-order valence-corrected chi connectivity index (χ0v) is 44.2. The Bertz CT molecular complexity index is 2430. The monoisotopic (exact) mass is 948 g/mol. The summed E-state index contributed by atoms with van der Waals surface area (Å²) in [7, 11) is 0. The van der Waals surface area contributed by atoms with E-state index in [0.717, 1.165) is 66.8 Å². The molecule has 8 aromatic carbocycles. The van der Waals surface area contributed by atoms with Crippen LogP contribution in [0.5, 0.6) is 23.0 Å². The summed E-state index contributed by atoms with van der Waals surface area (Å²) in [4.78, 5) is 0. The van der Waals surface area contributed by atoms with E-state index in [1.54, 1.807) is 0 Å². The van der Waals surface area contributed by atoms with Gasteiger partial charge in [0.15, 0.2) is 0 Å². The van der Waals surface area contributed by atoms with Crippen LogP contribution in [0.3, 0.4) is 0 Å². The van der Waals surface area contributed by atoms with Gasteiger partial charge < -0.3 is 20.4 Å². The van der Waals surface area contributed by atoms with E-state index in [2.05, 4.69) is 83.1 Å². The molecule has 0 radical (unpaired) electrons. The van der Waals surface area contributed by atoms with Crippen molar-refractivity contribution < 1.29 is 42.1 Å². The summed E-state index contributed by atoms with van der Waals surface area (Å²) in [5, 5.41) is 49.7. The Labute approximate surface area is 428 Å². The Morgan fingerprint density at radius 3 is 0.522 bits per heavy atom. The second-order valence-corrected chi connectivity index (χ2v) is 21.2. The molecule has 8 rings (SSSR count). The van der Waals surface area contributed by atoms with Crippen molar-refractivity contribution in [2.45, 2.75) is 105 Å². The molecule has 0 atom stereocenters. The van der Waals surface area contributed by atoms with Gasteiger partial charge in [0.1, 0.15) is 0 Å². The first-order valence-electron chi connectivity index (χ1n) is 23.4. The molecule has 0 aromatic heterocycles. The molecule has 0 aliphatic rings.